The van der Waals surface area contributed by atoms with Gasteiger partial charge >= 0.3 is 0 Å². The van der Waals surface area contributed by atoms with Gasteiger partial charge in [-0.3, -0.25) is 0 Å². The van der Waals surface area contributed by atoms with Crippen LogP contribution in [0.5, 0.6) is 0 Å². The van der Waals surface area contributed by atoms with Crippen LogP contribution in [0.4, 0.5) is 0 Å². The minimum atomic E-state index is -0.499. The van der Waals surface area contributed by atoms with Crippen molar-refractivity contribution >= 4 is 27.3 Å². The van der Waals surface area contributed by atoms with E-state index < -0.39 is 6.10 Å². The number of halogens is 1. The number of aliphatic hydroxyl groups is 1. The molecule has 0 radical (unpaired) electrons. The minimum Gasteiger partial charge on any atom is -0.383 e. The van der Waals surface area contributed by atoms with Crippen molar-refractivity contribution in [3.63, 3.8) is 0 Å². The Labute approximate surface area is 113 Å². The Morgan fingerprint density at radius 1 is 1.24 bits per heavy atom. The molecule has 1 N–H and O–H groups in total. The molecule has 1 aliphatic carbocycles. The molecule has 17 heavy (non-hydrogen) atoms. The molecule has 1 unspecified atom stereocenters. The molecule has 0 spiro atoms. The van der Waals surface area contributed by atoms with Crippen molar-refractivity contribution in [2.45, 2.75) is 24.9 Å². The molecular formula is C14H13BrOS. The highest BCUT2D eigenvalue weighted by atomic mass is 79.9. The molecule has 1 saturated carbocycles. The molecular weight excluding hydrogens is 296 g/mol. The molecule has 1 fully saturated rings. The largest absolute Gasteiger partial charge is 0.383 e. The Morgan fingerprint density at radius 2 is 2.00 bits per heavy atom. The van der Waals surface area contributed by atoms with Gasteiger partial charge in [-0.05, 0) is 57.3 Å². The summed E-state index contributed by atoms with van der Waals surface area (Å²) in [6, 6.07) is 10.3. The number of benzene rings is 1. The van der Waals surface area contributed by atoms with Crippen molar-refractivity contribution in [3.8, 4) is 0 Å². The van der Waals surface area contributed by atoms with Crippen LogP contribution >= 0.6 is 27.3 Å². The third-order valence-electron chi connectivity index (χ3n) is 3.20. The fourth-order valence-corrected chi connectivity index (χ4v) is 3.76. The summed E-state index contributed by atoms with van der Waals surface area (Å²) in [6.45, 7) is 0. The number of hydrogen-bond donors (Lipinski definition) is 1. The van der Waals surface area contributed by atoms with E-state index in [4.69, 9.17) is 0 Å². The van der Waals surface area contributed by atoms with Gasteiger partial charge in [-0.15, -0.1) is 11.3 Å². The highest BCUT2D eigenvalue weighted by molar-refractivity contribution is 9.10. The smallest absolute Gasteiger partial charge is 0.115 e. The normalized spacial score (nSPS) is 17.1. The van der Waals surface area contributed by atoms with Crippen LogP contribution in [-0.4, -0.2) is 5.11 Å². The Hall–Kier alpha value is -0.640. The van der Waals surface area contributed by atoms with Crippen molar-refractivity contribution < 1.29 is 5.11 Å². The van der Waals surface area contributed by atoms with E-state index in [1.807, 2.05) is 23.6 Å². The number of thiophene rings is 1. The van der Waals surface area contributed by atoms with Gasteiger partial charge in [0.15, 0.2) is 0 Å². The van der Waals surface area contributed by atoms with Gasteiger partial charge in [0.2, 0.25) is 0 Å². The first-order valence-corrected chi connectivity index (χ1v) is 7.44. The van der Waals surface area contributed by atoms with Gasteiger partial charge in [-0.25, -0.2) is 0 Å². The molecule has 1 heterocycles. The fourth-order valence-electron chi connectivity index (χ4n) is 2.17. The molecule has 0 saturated heterocycles. The number of hydrogen-bond acceptors (Lipinski definition) is 2. The first kappa shape index (κ1) is 11.5. The summed E-state index contributed by atoms with van der Waals surface area (Å²) >= 11 is 5.09. The molecule has 1 aromatic carbocycles. The molecule has 0 amide bonds. The van der Waals surface area contributed by atoms with E-state index in [0.29, 0.717) is 5.92 Å². The quantitative estimate of drug-likeness (QED) is 0.887. The number of rotatable bonds is 3. The second kappa shape index (κ2) is 4.56. The monoisotopic (exact) mass is 308 g/mol. The average molecular weight is 309 g/mol. The molecule has 3 rings (SSSR count). The molecule has 1 aliphatic rings. The molecule has 1 nitrogen and oxygen atoms in total. The zero-order valence-corrected chi connectivity index (χ0v) is 11.7. The second-order valence-electron chi connectivity index (χ2n) is 4.44. The predicted octanol–water partition coefficient (Wildman–Crippen LogP) is 4.47. The first-order chi connectivity index (χ1) is 8.27. The highest BCUT2D eigenvalue weighted by Crippen LogP contribution is 2.44. The summed E-state index contributed by atoms with van der Waals surface area (Å²) in [6.07, 6.45) is 2.02. The lowest BCUT2D eigenvalue weighted by Gasteiger charge is -2.14. The van der Waals surface area contributed by atoms with Crippen LogP contribution in [-0.2, 0) is 0 Å². The topological polar surface area (TPSA) is 20.2 Å². The zero-order chi connectivity index (χ0) is 11.8. The van der Waals surface area contributed by atoms with E-state index in [1.54, 1.807) is 11.3 Å². The van der Waals surface area contributed by atoms with Crippen molar-refractivity contribution in [1.29, 1.82) is 0 Å². The van der Waals surface area contributed by atoms with Crippen molar-refractivity contribution in [2.24, 2.45) is 0 Å². The Balaban J connectivity index is 2.01. The molecule has 0 bridgehead atoms. The van der Waals surface area contributed by atoms with E-state index in [-0.39, 0.29) is 0 Å². The van der Waals surface area contributed by atoms with Gasteiger partial charge in [0.25, 0.3) is 0 Å². The maximum Gasteiger partial charge on any atom is 0.115 e. The van der Waals surface area contributed by atoms with E-state index >= 15 is 0 Å². The Kier molecular flexibility index (Phi) is 3.07. The highest BCUT2D eigenvalue weighted by Gasteiger charge is 2.28. The van der Waals surface area contributed by atoms with Gasteiger partial charge in [0.05, 0.1) is 4.88 Å². The summed E-state index contributed by atoms with van der Waals surface area (Å²) in [4.78, 5) is 0.998. The maximum absolute atomic E-state index is 10.5. The van der Waals surface area contributed by atoms with Gasteiger partial charge in [-0.1, -0.05) is 24.3 Å². The van der Waals surface area contributed by atoms with E-state index in [0.717, 1.165) is 14.9 Å². The summed E-state index contributed by atoms with van der Waals surface area (Å²) in [7, 11) is 0. The summed E-state index contributed by atoms with van der Waals surface area (Å²) < 4.78 is 1.00. The van der Waals surface area contributed by atoms with Crippen LogP contribution in [0.25, 0.3) is 0 Å². The van der Waals surface area contributed by atoms with E-state index in [2.05, 4.69) is 28.1 Å². The summed E-state index contributed by atoms with van der Waals surface area (Å²) in [5.41, 5.74) is 2.39. The van der Waals surface area contributed by atoms with Gasteiger partial charge in [0, 0.05) is 4.47 Å². The van der Waals surface area contributed by atoms with Gasteiger partial charge in [-0.2, -0.15) is 0 Å². The van der Waals surface area contributed by atoms with Gasteiger partial charge < -0.3 is 5.11 Å². The lowest BCUT2D eigenvalue weighted by molar-refractivity contribution is 0.222. The molecule has 0 aliphatic heterocycles. The average Bonchev–Trinajstić information content (AvgIpc) is 3.11. The second-order valence-corrected chi connectivity index (χ2v) is 6.24. The molecule has 88 valence electrons. The third-order valence-corrected chi connectivity index (χ3v) is 5.12. The zero-order valence-electron chi connectivity index (χ0n) is 9.27. The van der Waals surface area contributed by atoms with Crippen LogP contribution in [0, 0.1) is 0 Å². The lowest BCUT2D eigenvalue weighted by Crippen LogP contribution is -2.01. The molecule has 3 heteroatoms. The third kappa shape index (κ3) is 2.19. The van der Waals surface area contributed by atoms with Crippen LogP contribution in [0.15, 0.2) is 40.2 Å². The van der Waals surface area contributed by atoms with Crippen LogP contribution in [0.2, 0.25) is 0 Å². The van der Waals surface area contributed by atoms with Crippen LogP contribution in [0.3, 0.4) is 0 Å². The summed E-state index contributed by atoms with van der Waals surface area (Å²) in [5, 5.41) is 12.5. The van der Waals surface area contributed by atoms with Crippen molar-refractivity contribution in [3.05, 3.63) is 56.2 Å². The SMILES string of the molecule is OC(c1ccccc1C1CC1)c1sccc1Br. The Morgan fingerprint density at radius 3 is 2.65 bits per heavy atom. The predicted molar refractivity (Wildman–Crippen MR) is 74.5 cm³/mol. The van der Waals surface area contributed by atoms with Crippen molar-refractivity contribution in [1.82, 2.24) is 0 Å². The van der Waals surface area contributed by atoms with Crippen molar-refractivity contribution in [2.75, 3.05) is 0 Å². The number of aliphatic hydroxyl groups excluding tert-OH is 1. The van der Waals surface area contributed by atoms with E-state index in [9.17, 15) is 5.11 Å². The molecule has 1 aromatic heterocycles. The summed E-state index contributed by atoms with van der Waals surface area (Å²) in [5.74, 6) is 0.666. The van der Waals surface area contributed by atoms with Crippen LogP contribution in [0.1, 0.15) is 40.9 Å². The molecule has 1 atom stereocenters. The van der Waals surface area contributed by atoms with Gasteiger partial charge in [0.1, 0.15) is 6.10 Å². The molecule has 2 aromatic rings. The fraction of sp³-hybridized carbons (Fsp3) is 0.286. The first-order valence-electron chi connectivity index (χ1n) is 5.77. The van der Waals surface area contributed by atoms with E-state index in [1.165, 1.54) is 18.4 Å². The maximum atomic E-state index is 10.5. The minimum absolute atomic E-state index is 0.499. The lowest BCUT2D eigenvalue weighted by atomic mass is 9.98. The standard InChI is InChI=1S/C14H13BrOS/c15-12-7-8-17-14(12)13(16)11-4-2-1-3-10(11)9-5-6-9/h1-4,7-9,13,16H,5-6H2. The Bertz CT molecular complexity index is 531. The van der Waals surface area contributed by atoms with Crippen LogP contribution < -0.4 is 0 Å².